The van der Waals surface area contributed by atoms with Crippen molar-refractivity contribution >= 4 is 0 Å². The summed E-state index contributed by atoms with van der Waals surface area (Å²) >= 11 is 0. The number of benzene rings is 1. The van der Waals surface area contributed by atoms with Gasteiger partial charge < -0.3 is 5.11 Å². The van der Waals surface area contributed by atoms with Crippen molar-refractivity contribution in [3.8, 4) is 5.75 Å². The van der Waals surface area contributed by atoms with Crippen molar-refractivity contribution in [2.24, 2.45) is 0 Å². The zero-order valence-electron chi connectivity index (χ0n) is 7.96. The van der Waals surface area contributed by atoms with Gasteiger partial charge in [0.05, 0.1) is 0 Å². The van der Waals surface area contributed by atoms with Crippen LogP contribution >= 0.6 is 0 Å². The van der Waals surface area contributed by atoms with Gasteiger partial charge in [0.2, 0.25) is 0 Å². The molecule has 0 bridgehead atoms. The van der Waals surface area contributed by atoms with Crippen LogP contribution in [-0.4, -0.2) is 5.11 Å². The van der Waals surface area contributed by atoms with E-state index in [1.165, 1.54) is 11.1 Å². The van der Waals surface area contributed by atoms with E-state index in [9.17, 15) is 5.11 Å². The van der Waals surface area contributed by atoms with Gasteiger partial charge in [-0.1, -0.05) is 26.8 Å². The number of aryl methyl sites for hydroxylation is 1. The molecule has 1 rings (SSSR count). The summed E-state index contributed by atoms with van der Waals surface area (Å²) < 4.78 is 0. The normalized spacial score (nSPS) is 10.7. The number of hydrogen-bond donors (Lipinski definition) is 1. The molecule has 1 aromatic carbocycles. The fourth-order valence-corrected chi connectivity index (χ4v) is 1.46. The van der Waals surface area contributed by atoms with E-state index >= 15 is 0 Å². The largest absolute Gasteiger partial charge is 0.508 e. The minimum absolute atomic E-state index is 0.372. The smallest absolute Gasteiger partial charge is 0.115 e. The van der Waals surface area contributed by atoms with Crippen LogP contribution in [0.15, 0.2) is 18.2 Å². The summed E-state index contributed by atoms with van der Waals surface area (Å²) in [6.45, 7) is 6.46. The molecule has 12 heavy (non-hydrogen) atoms. The molecule has 0 aliphatic rings. The average molecular weight is 164 g/mol. The van der Waals surface area contributed by atoms with Gasteiger partial charge in [-0.05, 0) is 35.6 Å². The van der Waals surface area contributed by atoms with Gasteiger partial charge in [-0.25, -0.2) is 0 Å². The van der Waals surface area contributed by atoms with E-state index in [4.69, 9.17) is 0 Å². The van der Waals surface area contributed by atoms with Crippen molar-refractivity contribution in [1.82, 2.24) is 0 Å². The first-order chi connectivity index (χ1) is 5.65. The van der Waals surface area contributed by atoms with Gasteiger partial charge in [-0.2, -0.15) is 0 Å². The van der Waals surface area contributed by atoms with Crippen molar-refractivity contribution in [2.75, 3.05) is 0 Å². The van der Waals surface area contributed by atoms with Gasteiger partial charge in [0.25, 0.3) is 0 Å². The van der Waals surface area contributed by atoms with Crippen molar-refractivity contribution in [2.45, 2.75) is 33.1 Å². The van der Waals surface area contributed by atoms with Gasteiger partial charge in [-0.3, -0.25) is 0 Å². The lowest BCUT2D eigenvalue weighted by atomic mass is 9.96. The highest BCUT2D eigenvalue weighted by atomic mass is 16.3. The van der Waals surface area contributed by atoms with E-state index in [0.717, 1.165) is 6.42 Å². The fraction of sp³-hybridized carbons (Fsp3) is 0.455. The maximum Gasteiger partial charge on any atom is 0.115 e. The van der Waals surface area contributed by atoms with E-state index in [-0.39, 0.29) is 0 Å². The standard InChI is InChI=1S/C11H16O/c1-4-9-7-10(12)5-6-11(9)8(2)3/h5-8,12H,4H2,1-3H3. The number of phenols is 1. The molecule has 0 heterocycles. The SMILES string of the molecule is CCc1cc(O)ccc1C(C)C. The van der Waals surface area contributed by atoms with Crippen LogP contribution in [0, 0.1) is 0 Å². The molecule has 0 atom stereocenters. The summed E-state index contributed by atoms with van der Waals surface area (Å²) in [4.78, 5) is 0. The average Bonchev–Trinajstić information content (AvgIpc) is 2.03. The van der Waals surface area contributed by atoms with E-state index in [1.807, 2.05) is 12.1 Å². The Morgan fingerprint density at radius 1 is 1.33 bits per heavy atom. The maximum absolute atomic E-state index is 9.25. The summed E-state index contributed by atoms with van der Waals surface area (Å²) in [6.07, 6.45) is 0.988. The lowest BCUT2D eigenvalue weighted by Gasteiger charge is -2.11. The molecule has 0 aliphatic carbocycles. The second kappa shape index (κ2) is 3.61. The summed E-state index contributed by atoms with van der Waals surface area (Å²) in [7, 11) is 0. The number of hydrogen-bond acceptors (Lipinski definition) is 1. The number of phenolic OH excluding ortho intramolecular Hbond substituents is 1. The second-order valence-corrected chi connectivity index (χ2v) is 3.39. The van der Waals surface area contributed by atoms with Crippen molar-refractivity contribution in [3.63, 3.8) is 0 Å². The van der Waals surface area contributed by atoms with Crippen molar-refractivity contribution in [3.05, 3.63) is 29.3 Å². The Morgan fingerprint density at radius 2 is 2.00 bits per heavy atom. The van der Waals surface area contributed by atoms with Gasteiger partial charge in [0, 0.05) is 0 Å². The quantitative estimate of drug-likeness (QED) is 0.712. The molecule has 1 N–H and O–H groups in total. The van der Waals surface area contributed by atoms with Crippen molar-refractivity contribution < 1.29 is 5.11 Å². The zero-order valence-corrected chi connectivity index (χ0v) is 7.96. The molecule has 0 aromatic heterocycles. The summed E-state index contributed by atoms with van der Waals surface area (Å²) in [5.74, 6) is 0.914. The Hall–Kier alpha value is -0.980. The van der Waals surface area contributed by atoms with Crippen molar-refractivity contribution in [1.29, 1.82) is 0 Å². The molecule has 66 valence electrons. The van der Waals surface area contributed by atoms with E-state index < -0.39 is 0 Å². The molecule has 0 fully saturated rings. The highest BCUT2D eigenvalue weighted by molar-refractivity contribution is 5.36. The van der Waals surface area contributed by atoms with Gasteiger partial charge in [-0.15, -0.1) is 0 Å². The Kier molecular flexibility index (Phi) is 2.74. The summed E-state index contributed by atoms with van der Waals surface area (Å²) in [6, 6.07) is 5.63. The molecule has 0 amide bonds. The molecule has 1 aromatic rings. The maximum atomic E-state index is 9.25. The highest BCUT2D eigenvalue weighted by Gasteiger charge is 2.04. The molecule has 1 nitrogen and oxygen atoms in total. The second-order valence-electron chi connectivity index (χ2n) is 3.39. The molecule has 0 aliphatic heterocycles. The van der Waals surface area contributed by atoms with Crippen LogP contribution in [0.4, 0.5) is 0 Å². The van der Waals surface area contributed by atoms with Crippen LogP contribution in [0.3, 0.4) is 0 Å². The number of rotatable bonds is 2. The van der Waals surface area contributed by atoms with Crippen LogP contribution < -0.4 is 0 Å². The Morgan fingerprint density at radius 3 is 2.50 bits per heavy atom. The van der Waals surface area contributed by atoms with E-state index in [1.54, 1.807) is 6.07 Å². The summed E-state index contributed by atoms with van der Waals surface area (Å²) in [5.41, 5.74) is 2.60. The third-order valence-electron chi connectivity index (χ3n) is 2.13. The van der Waals surface area contributed by atoms with Crippen LogP contribution in [0.2, 0.25) is 0 Å². The lowest BCUT2D eigenvalue weighted by molar-refractivity contribution is 0.474. The van der Waals surface area contributed by atoms with Gasteiger partial charge in [0.15, 0.2) is 0 Å². The molecule has 0 radical (unpaired) electrons. The van der Waals surface area contributed by atoms with Crippen LogP contribution in [0.25, 0.3) is 0 Å². The topological polar surface area (TPSA) is 20.2 Å². The molecule has 0 spiro atoms. The fourth-order valence-electron chi connectivity index (χ4n) is 1.46. The Bertz CT molecular complexity index is 264. The predicted molar refractivity (Wildman–Crippen MR) is 51.6 cm³/mol. The highest BCUT2D eigenvalue weighted by Crippen LogP contribution is 2.23. The Labute approximate surface area is 74.1 Å². The Balaban J connectivity index is 3.11. The third-order valence-corrected chi connectivity index (χ3v) is 2.13. The first-order valence-electron chi connectivity index (χ1n) is 4.47. The first-order valence-corrected chi connectivity index (χ1v) is 4.47. The zero-order chi connectivity index (χ0) is 9.14. The molecule has 0 unspecified atom stereocenters. The molecular weight excluding hydrogens is 148 g/mol. The van der Waals surface area contributed by atoms with Gasteiger partial charge >= 0.3 is 0 Å². The van der Waals surface area contributed by atoms with E-state index in [2.05, 4.69) is 20.8 Å². The minimum atomic E-state index is 0.372. The van der Waals surface area contributed by atoms with Crippen LogP contribution in [0.1, 0.15) is 37.8 Å². The third kappa shape index (κ3) is 1.79. The lowest BCUT2D eigenvalue weighted by Crippen LogP contribution is -1.94. The summed E-state index contributed by atoms with van der Waals surface area (Å²) in [5, 5.41) is 9.25. The van der Waals surface area contributed by atoms with Gasteiger partial charge in [0.1, 0.15) is 5.75 Å². The van der Waals surface area contributed by atoms with E-state index in [0.29, 0.717) is 11.7 Å². The van der Waals surface area contributed by atoms with Crippen LogP contribution in [-0.2, 0) is 6.42 Å². The molecular formula is C11H16O. The predicted octanol–water partition coefficient (Wildman–Crippen LogP) is 3.08. The number of aromatic hydroxyl groups is 1. The molecule has 0 saturated carbocycles. The minimum Gasteiger partial charge on any atom is -0.508 e. The first kappa shape index (κ1) is 9.11. The molecule has 1 heteroatoms. The monoisotopic (exact) mass is 164 g/mol. The van der Waals surface area contributed by atoms with Crippen LogP contribution in [0.5, 0.6) is 5.75 Å². The molecule has 0 saturated heterocycles.